The van der Waals surface area contributed by atoms with Crippen LogP contribution in [-0.2, 0) is 11.3 Å². The van der Waals surface area contributed by atoms with Crippen LogP contribution in [0.1, 0.15) is 26.0 Å². The van der Waals surface area contributed by atoms with Crippen molar-refractivity contribution in [2.75, 3.05) is 20.1 Å². The number of guanidine groups is 1. The Morgan fingerprint density at radius 2 is 2.20 bits per heavy atom. The van der Waals surface area contributed by atoms with E-state index in [1.54, 1.807) is 7.05 Å². The first-order valence-corrected chi connectivity index (χ1v) is 8.80. The quantitative estimate of drug-likeness (QED) is 0.661. The fourth-order valence-electron chi connectivity index (χ4n) is 3.13. The SMILES string of the molecule is CN=C(NCc1cc2ccccc2o1)NC1CCN(C(=O)C(C)C)C1. The number of furan rings is 1. The summed E-state index contributed by atoms with van der Waals surface area (Å²) < 4.78 is 5.81. The fraction of sp³-hybridized carbons (Fsp3) is 0.474. The highest BCUT2D eigenvalue weighted by atomic mass is 16.3. The molecule has 1 aliphatic rings. The summed E-state index contributed by atoms with van der Waals surface area (Å²) in [5, 5.41) is 7.78. The number of hydrogen-bond donors (Lipinski definition) is 2. The molecule has 1 fully saturated rings. The summed E-state index contributed by atoms with van der Waals surface area (Å²) in [6.07, 6.45) is 0.934. The number of fused-ring (bicyclic) bond motifs is 1. The van der Waals surface area contributed by atoms with Crippen LogP contribution >= 0.6 is 0 Å². The molecular weight excluding hydrogens is 316 g/mol. The van der Waals surface area contributed by atoms with Gasteiger partial charge in [-0.2, -0.15) is 0 Å². The van der Waals surface area contributed by atoms with Crippen molar-refractivity contribution in [3.8, 4) is 0 Å². The Hall–Kier alpha value is -2.50. The molecule has 2 heterocycles. The number of rotatable bonds is 4. The smallest absolute Gasteiger partial charge is 0.225 e. The number of carbonyl (C=O) groups excluding carboxylic acids is 1. The van der Waals surface area contributed by atoms with E-state index in [9.17, 15) is 4.79 Å². The van der Waals surface area contributed by atoms with E-state index in [0.29, 0.717) is 6.54 Å². The lowest BCUT2D eigenvalue weighted by atomic mass is 10.2. The number of amides is 1. The third-order valence-electron chi connectivity index (χ3n) is 4.46. The molecule has 6 nitrogen and oxygen atoms in total. The lowest BCUT2D eigenvalue weighted by Gasteiger charge is -2.20. The van der Waals surface area contributed by atoms with Crippen molar-refractivity contribution in [2.45, 2.75) is 32.9 Å². The Bertz CT molecular complexity index is 733. The standard InChI is InChI=1S/C19H26N4O2/c1-13(2)18(24)23-9-8-15(12-23)22-19(20-3)21-11-16-10-14-6-4-5-7-17(14)25-16/h4-7,10,13,15H,8-9,11-12H2,1-3H3,(H2,20,21,22). The number of aliphatic imine (C=N–C) groups is 1. The molecule has 2 N–H and O–H groups in total. The molecule has 25 heavy (non-hydrogen) atoms. The van der Waals surface area contributed by atoms with Gasteiger partial charge >= 0.3 is 0 Å². The second-order valence-corrected chi connectivity index (χ2v) is 6.75. The van der Waals surface area contributed by atoms with Gasteiger partial charge in [-0.3, -0.25) is 9.79 Å². The highest BCUT2D eigenvalue weighted by Gasteiger charge is 2.27. The van der Waals surface area contributed by atoms with Gasteiger partial charge in [0.15, 0.2) is 5.96 Å². The molecule has 1 amide bonds. The fourth-order valence-corrected chi connectivity index (χ4v) is 3.13. The van der Waals surface area contributed by atoms with Gasteiger partial charge in [-0.15, -0.1) is 0 Å². The minimum absolute atomic E-state index is 0.0456. The van der Waals surface area contributed by atoms with Crippen LogP contribution in [0.5, 0.6) is 0 Å². The highest BCUT2D eigenvalue weighted by molar-refractivity contribution is 5.81. The van der Waals surface area contributed by atoms with Crippen molar-refractivity contribution < 1.29 is 9.21 Å². The molecule has 0 saturated carbocycles. The lowest BCUT2D eigenvalue weighted by molar-refractivity contribution is -0.133. The minimum Gasteiger partial charge on any atom is -0.459 e. The Balaban J connectivity index is 1.52. The van der Waals surface area contributed by atoms with Gasteiger partial charge in [-0.05, 0) is 18.6 Å². The van der Waals surface area contributed by atoms with E-state index in [4.69, 9.17) is 4.42 Å². The molecule has 134 valence electrons. The van der Waals surface area contributed by atoms with Crippen LogP contribution in [0.15, 0.2) is 39.7 Å². The van der Waals surface area contributed by atoms with Crippen LogP contribution in [0.3, 0.4) is 0 Å². The monoisotopic (exact) mass is 342 g/mol. The average molecular weight is 342 g/mol. The van der Waals surface area contributed by atoms with Crippen molar-refractivity contribution in [3.05, 3.63) is 36.1 Å². The number of likely N-dealkylation sites (tertiary alicyclic amines) is 1. The highest BCUT2D eigenvalue weighted by Crippen LogP contribution is 2.18. The van der Waals surface area contributed by atoms with Crippen molar-refractivity contribution in [2.24, 2.45) is 10.9 Å². The maximum absolute atomic E-state index is 12.1. The van der Waals surface area contributed by atoms with Gasteiger partial charge in [0.25, 0.3) is 0 Å². The molecule has 0 bridgehead atoms. The molecular formula is C19H26N4O2. The van der Waals surface area contributed by atoms with Crippen LogP contribution in [0.2, 0.25) is 0 Å². The lowest BCUT2D eigenvalue weighted by Crippen LogP contribution is -2.45. The van der Waals surface area contributed by atoms with E-state index in [1.807, 2.05) is 49.1 Å². The van der Waals surface area contributed by atoms with E-state index in [2.05, 4.69) is 15.6 Å². The van der Waals surface area contributed by atoms with E-state index in [-0.39, 0.29) is 17.9 Å². The molecule has 1 aromatic carbocycles. The zero-order valence-electron chi connectivity index (χ0n) is 15.1. The number of para-hydroxylation sites is 1. The molecule has 1 saturated heterocycles. The van der Waals surface area contributed by atoms with Crippen LogP contribution in [0.25, 0.3) is 11.0 Å². The molecule has 2 aromatic rings. The minimum atomic E-state index is 0.0456. The summed E-state index contributed by atoms with van der Waals surface area (Å²) in [6.45, 7) is 5.97. The number of nitrogens with zero attached hydrogens (tertiary/aromatic N) is 2. The third-order valence-corrected chi connectivity index (χ3v) is 4.46. The first-order valence-electron chi connectivity index (χ1n) is 8.80. The predicted molar refractivity (Wildman–Crippen MR) is 99.4 cm³/mol. The maximum atomic E-state index is 12.1. The topological polar surface area (TPSA) is 69.9 Å². The van der Waals surface area contributed by atoms with E-state index >= 15 is 0 Å². The van der Waals surface area contributed by atoms with E-state index in [1.165, 1.54) is 0 Å². The van der Waals surface area contributed by atoms with Gasteiger partial charge in [0.05, 0.1) is 6.54 Å². The van der Waals surface area contributed by atoms with Gasteiger partial charge in [0, 0.05) is 37.5 Å². The van der Waals surface area contributed by atoms with Crippen molar-refractivity contribution in [1.29, 1.82) is 0 Å². The second kappa shape index (κ2) is 7.59. The van der Waals surface area contributed by atoms with Crippen molar-refractivity contribution in [1.82, 2.24) is 15.5 Å². The van der Waals surface area contributed by atoms with Crippen LogP contribution in [0.4, 0.5) is 0 Å². The van der Waals surface area contributed by atoms with Crippen molar-refractivity contribution >= 4 is 22.8 Å². The average Bonchev–Trinajstić information content (AvgIpc) is 3.24. The third kappa shape index (κ3) is 4.13. The van der Waals surface area contributed by atoms with Gasteiger partial charge in [0.2, 0.25) is 5.91 Å². The molecule has 1 aromatic heterocycles. The summed E-state index contributed by atoms with van der Waals surface area (Å²) in [4.78, 5) is 18.3. The molecule has 1 atom stereocenters. The van der Waals surface area contributed by atoms with E-state index in [0.717, 1.165) is 42.2 Å². The molecule has 6 heteroatoms. The molecule has 0 spiro atoms. The van der Waals surface area contributed by atoms with Gasteiger partial charge in [-0.25, -0.2) is 0 Å². The number of hydrogen-bond acceptors (Lipinski definition) is 3. The number of carbonyl (C=O) groups is 1. The Kier molecular flexibility index (Phi) is 5.26. The first kappa shape index (κ1) is 17.3. The summed E-state index contributed by atoms with van der Waals surface area (Å²) in [5.41, 5.74) is 0.890. The number of benzene rings is 1. The zero-order chi connectivity index (χ0) is 17.8. The zero-order valence-corrected chi connectivity index (χ0v) is 15.1. The Morgan fingerprint density at radius 1 is 1.40 bits per heavy atom. The van der Waals surface area contributed by atoms with Crippen LogP contribution < -0.4 is 10.6 Å². The Morgan fingerprint density at radius 3 is 2.92 bits per heavy atom. The summed E-state index contributed by atoms with van der Waals surface area (Å²) in [7, 11) is 1.75. The van der Waals surface area contributed by atoms with Gasteiger partial charge in [0.1, 0.15) is 11.3 Å². The largest absolute Gasteiger partial charge is 0.459 e. The van der Waals surface area contributed by atoms with Crippen molar-refractivity contribution in [3.63, 3.8) is 0 Å². The predicted octanol–water partition coefficient (Wildman–Crippen LogP) is 2.35. The Labute approximate surface area is 148 Å². The maximum Gasteiger partial charge on any atom is 0.225 e. The normalized spacial score (nSPS) is 18.2. The summed E-state index contributed by atoms with van der Waals surface area (Å²) >= 11 is 0. The summed E-state index contributed by atoms with van der Waals surface area (Å²) in [5.74, 6) is 1.86. The molecule has 1 aliphatic heterocycles. The van der Waals surface area contributed by atoms with Gasteiger partial charge in [-0.1, -0.05) is 32.0 Å². The summed E-state index contributed by atoms with van der Waals surface area (Å²) in [6, 6.07) is 10.2. The number of nitrogens with one attached hydrogen (secondary N) is 2. The van der Waals surface area contributed by atoms with Gasteiger partial charge < -0.3 is 20.0 Å². The molecule has 1 unspecified atom stereocenters. The second-order valence-electron chi connectivity index (χ2n) is 6.75. The van der Waals surface area contributed by atoms with E-state index < -0.39 is 0 Å². The molecule has 0 radical (unpaired) electrons. The molecule has 3 rings (SSSR count). The van der Waals surface area contributed by atoms with Crippen LogP contribution in [0, 0.1) is 5.92 Å². The van der Waals surface area contributed by atoms with Crippen LogP contribution in [-0.4, -0.2) is 42.9 Å². The first-order chi connectivity index (χ1) is 12.1. The molecule has 0 aliphatic carbocycles.